The third-order valence-electron chi connectivity index (χ3n) is 3.05. The van der Waals surface area contributed by atoms with Crippen LogP contribution in [0.15, 0.2) is 46.9 Å². The molecular weight excluding hydrogens is 348 g/mol. The van der Waals surface area contributed by atoms with Gasteiger partial charge in [0, 0.05) is 10.0 Å². The smallest absolute Gasteiger partial charge is 0.185 e. The van der Waals surface area contributed by atoms with Crippen LogP contribution >= 0.6 is 15.9 Å². The zero-order valence-electron chi connectivity index (χ0n) is 12.2. The molecule has 0 aromatic heterocycles. The molecule has 0 aliphatic rings. The van der Waals surface area contributed by atoms with Crippen LogP contribution in [-0.2, 0) is 0 Å². The Morgan fingerprint density at radius 2 is 1.82 bits per heavy atom. The molecule has 0 aliphatic carbocycles. The number of halogens is 1. The molecule has 2 rings (SSSR count). The second-order valence-corrected chi connectivity index (χ2v) is 5.33. The number of allylic oxidation sites excluding steroid dienone is 1. The van der Waals surface area contributed by atoms with Gasteiger partial charge in [-0.2, -0.15) is 0 Å². The summed E-state index contributed by atoms with van der Waals surface area (Å²) in [5.41, 5.74) is 1.21. The molecule has 5 heteroatoms. The van der Waals surface area contributed by atoms with E-state index in [1.54, 1.807) is 44.6 Å². The van der Waals surface area contributed by atoms with E-state index in [1.807, 2.05) is 0 Å². The van der Waals surface area contributed by atoms with Crippen molar-refractivity contribution in [1.82, 2.24) is 0 Å². The Morgan fingerprint density at radius 3 is 2.45 bits per heavy atom. The number of carbonyl (C=O) groups excluding carboxylic acids is 1. The molecule has 0 atom stereocenters. The van der Waals surface area contributed by atoms with Gasteiger partial charge in [-0.25, -0.2) is 0 Å². The molecule has 114 valence electrons. The first-order valence-electron chi connectivity index (χ1n) is 6.48. The standard InChI is InChI=1S/C17H15BrO4/c1-21-16-9-11(14(18)10-17(16)22-2)6-7-15(20)12-4-3-5-13(19)8-12/h3-10,19H,1-2H3/b7-6+. The van der Waals surface area contributed by atoms with Crippen molar-refractivity contribution in [3.63, 3.8) is 0 Å². The van der Waals surface area contributed by atoms with Crippen LogP contribution < -0.4 is 9.47 Å². The van der Waals surface area contributed by atoms with Crippen molar-refractivity contribution in [2.75, 3.05) is 14.2 Å². The minimum Gasteiger partial charge on any atom is -0.508 e. The molecule has 2 aromatic rings. The van der Waals surface area contributed by atoms with Gasteiger partial charge in [-0.1, -0.05) is 28.1 Å². The molecule has 0 heterocycles. The van der Waals surface area contributed by atoms with Crippen molar-refractivity contribution >= 4 is 27.8 Å². The number of hydrogen-bond acceptors (Lipinski definition) is 4. The fraction of sp³-hybridized carbons (Fsp3) is 0.118. The van der Waals surface area contributed by atoms with Crippen molar-refractivity contribution < 1.29 is 19.4 Å². The summed E-state index contributed by atoms with van der Waals surface area (Å²) in [6.45, 7) is 0. The zero-order chi connectivity index (χ0) is 16.1. The van der Waals surface area contributed by atoms with Crippen LogP contribution in [0.1, 0.15) is 15.9 Å². The Morgan fingerprint density at radius 1 is 1.14 bits per heavy atom. The van der Waals surface area contributed by atoms with Gasteiger partial charge in [-0.05, 0) is 42.0 Å². The molecule has 1 N–H and O–H groups in total. The average molecular weight is 363 g/mol. The van der Waals surface area contributed by atoms with Crippen molar-refractivity contribution in [2.24, 2.45) is 0 Å². The summed E-state index contributed by atoms with van der Waals surface area (Å²) >= 11 is 3.43. The highest BCUT2D eigenvalue weighted by atomic mass is 79.9. The van der Waals surface area contributed by atoms with Crippen LogP contribution in [0.3, 0.4) is 0 Å². The molecule has 0 radical (unpaired) electrons. The lowest BCUT2D eigenvalue weighted by Crippen LogP contribution is -1.94. The normalized spacial score (nSPS) is 10.7. The van der Waals surface area contributed by atoms with Gasteiger partial charge in [0.2, 0.25) is 0 Å². The maximum atomic E-state index is 12.1. The molecule has 0 saturated heterocycles. The molecule has 0 amide bonds. The molecule has 0 saturated carbocycles. The molecule has 0 spiro atoms. The van der Waals surface area contributed by atoms with Gasteiger partial charge in [-0.15, -0.1) is 0 Å². The fourth-order valence-corrected chi connectivity index (χ4v) is 2.37. The maximum absolute atomic E-state index is 12.1. The van der Waals surface area contributed by atoms with E-state index in [-0.39, 0.29) is 11.5 Å². The zero-order valence-corrected chi connectivity index (χ0v) is 13.8. The quantitative estimate of drug-likeness (QED) is 0.643. The number of phenolic OH excluding ortho intramolecular Hbond substituents is 1. The molecule has 0 fully saturated rings. The minimum atomic E-state index is -0.197. The number of rotatable bonds is 5. The number of benzene rings is 2. The first-order valence-corrected chi connectivity index (χ1v) is 7.27. The molecule has 0 aliphatic heterocycles. The summed E-state index contributed by atoms with van der Waals surface area (Å²) < 4.78 is 11.2. The Hall–Kier alpha value is -2.27. The Balaban J connectivity index is 2.28. The van der Waals surface area contributed by atoms with Gasteiger partial charge in [-0.3, -0.25) is 4.79 Å². The van der Waals surface area contributed by atoms with Crippen LogP contribution in [0.4, 0.5) is 0 Å². The Labute approximate surface area is 137 Å². The van der Waals surface area contributed by atoms with Crippen molar-refractivity contribution in [3.8, 4) is 17.2 Å². The largest absolute Gasteiger partial charge is 0.508 e. The van der Waals surface area contributed by atoms with Gasteiger partial charge in [0.05, 0.1) is 14.2 Å². The van der Waals surface area contributed by atoms with E-state index in [1.165, 1.54) is 18.2 Å². The van der Waals surface area contributed by atoms with Crippen LogP contribution in [0.2, 0.25) is 0 Å². The van der Waals surface area contributed by atoms with Crippen molar-refractivity contribution in [1.29, 1.82) is 0 Å². The number of carbonyl (C=O) groups is 1. The highest BCUT2D eigenvalue weighted by Crippen LogP contribution is 2.33. The van der Waals surface area contributed by atoms with E-state index in [0.29, 0.717) is 17.1 Å². The van der Waals surface area contributed by atoms with E-state index in [0.717, 1.165) is 10.0 Å². The first-order chi connectivity index (χ1) is 10.5. The van der Waals surface area contributed by atoms with E-state index in [4.69, 9.17) is 9.47 Å². The third kappa shape index (κ3) is 3.68. The minimum absolute atomic E-state index is 0.0616. The van der Waals surface area contributed by atoms with Gasteiger partial charge in [0.1, 0.15) is 5.75 Å². The van der Waals surface area contributed by atoms with Gasteiger partial charge in [0.25, 0.3) is 0 Å². The maximum Gasteiger partial charge on any atom is 0.185 e. The van der Waals surface area contributed by atoms with Gasteiger partial charge < -0.3 is 14.6 Å². The van der Waals surface area contributed by atoms with Gasteiger partial charge in [0.15, 0.2) is 17.3 Å². The molecule has 0 unspecified atom stereocenters. The molecule has 0 bridgehead atoms. The second kappa shape index (κ2) is 7.13. The summed E-state index contributed by atoms with van der Waals surface area (Å²) in [6, 6.07) is 9.77. The molecular formula is C17H15BrO4. The highest BCUT2D eigenvalue weighted by molar-refractivity contribution is 9.10. The number of hydrogen-bond donors (Lipinski definition) is 1. The summed E-state index contributed by atoms with van der Waals surface area (Å²) in [7, 11) is 3.11. The third-order valence-corrected chi connectivity index (χ3v) is 3.73. The number of ketones is 1. The highest BCUT2D eigenvalue weighted by Gasteiger charge is 2.08. The number of aromatic hydroxyl groups is 1. The fourth-order valence-electron chi connectivity index (χ4n) is 1.92. The SMILES string of the molecule is COc1cc(Br)c(/C=C/C(=O)c2cccc(O)c2)cc1OC. The molecule has 22 heavy (non-hydrogen) atoms. The molecule has 4 nitrogen and oxygen atoms in total. The number of ether oxygens (including phenoxy) is 2. The second-order valence-electron chi connectivity index (χ2n) is 4.48. The lowest BCUT2D eigenvalue weighted by Gasteiger charge is -2.09. The van der Waals surface area contributed by atoms with Gasteiger partial charge >= 0.3 is 0 Å². The van der Waals surface area contributed by atoms with Crippen molar-refractivity contribution in [2.45, 2.75) is 0 Å². The Kier molecular flexibility index (Phi) is 5.22. The van der Waals surface area contributed by atoms with Crippen LogP contribution in [0.5, 0.6) is 17.2 Å². The summed E-state index contributed by atoms with van der Waals surface area (Å²) in [6.07, 6.45) is 3.12. The number of phenols is 1. The summed E-state index contributed by atoms with van der Waals surface area (Å²) in [5, 5.41) is 9.40. The summed E-state index contributed by atoms with van der Waals surface area (Å²) in [4.78, 5) is 12.1. The topological polar surface area (TPSA) is 55.8 Å². The van der Waals surface area contributed by atoms with E-state index >= 15 is 0 Å². The monoisotopic (exact) mass is 362 g/mol. The van der Waals surface area contributed by atoms with Crippen LogP contribution in [0, 0.1) is 0 Å². The average Bonchev–Trinajstić information content (AvgIpc) is 2.53. The molecule has 2 aromatic carbocycles. The van der Waals surface area contributed by atoms with E-state index in [9.17, 15) is 9.90 Å². The lowest BCUT2D eigenvalue weighted by atomic mass is 10.1. The number of methoxy groups -OCH3 is 2. The van der Waals surface area contributed by atoms with E-state index < -0.39 is 0 Å². The first kappa shape index (κ1) is 16.1. The van der Waals surface area contributed by atoms with Crippen LogP contribution in [-0.4, -0.2) is 25.1 Å². The lowest BCUT2D eigenvalue weighted by molar-refractivity contribution is 0.104. The Bertz CT molecular complexity index is 723. The van der Waals surface area contributed by atoms with Crippen LogP contribution in [0.25, 0.3) is 6.08 Å². The van der Waals surface area contributed by atoms with Crippen molar-refractivity contribution in [3.05, 3.63) is 58.1 Å². The summed E-state index contributed by atoms with van der Waals surface area (Å²) in [5.74, 6) is 1.05. The predicted molar refractivity (Wildman–Crippen MR) is 88.7 cm³/mol. The predicted octanol–water partition coefficient (Wildman–Crippen LogP) is 4.07. The van der Waals surface area contributed by atoms with E-state index in [2.05, 4.69) is 15.9 Å².